The molecule has 0 aliphatic carbocycles. The molecule has 2 aromatic rings. The molecule has 19 heteroatoms. The molecule has 41 heavy (non-hydrogen) atoms. The van der Waals surface area contributed by atoms with E-state index in [-0.39, 0.29) is 64.4 Å². The molecule has 0 saturated carbocycles. The van der Waals surface area contributed by atoms with E-state index >= 15 is 0 Å². The van der Waals surface area contributed by atoms with Gasteiger partial charge in [0, 0.05) is 0 Å². The molecule has 0 fully saturated rings. The van der Waals surface area contributed by atoms with Crippen LogP contribution in [-0.2, 0) is 45.4 Å². The van der Waals surface area contributed by atoms with Gasteiger partial charge in [-0.15, -0.1) is 0 Å². The van der Waals surface area contributed by atoms with Crippen LogP contribution in [0.4, 0.5) is 0 Å². The minimum absolute atomic E-state index is 0. The molecule has 4 bridgehead atoms. The molecule has 3 rings (SSSR count). The van der Waals surface area contributed by atoms with E-state index < -0.39 is 15.3 Å². The fraction of sp³-hybridized carbons (Fsp3) is 0.545. The Morgan fingerprint density at radius 2 is 0.707 bits per heavy atom. The van der Waals surface area contributed by atoms with E-state index in [1.54, 1.807) is 0 Å². The number of rotatable bonds is 0. The molecule has 3 heterocycles. The SMILES string of the molecule is C[C@H]1OCc2cccc(n2)CO[C@H](C)[C@@H](C)OCc2cccc(n2)CO[C@@H]1C.O=[N+]([O-])[O-].O=[N+]([O-])[O-].O=[N+]([O-])[O-].[Gd+3]. The van der Waals surface area contributed by atoms with Gasteiger partial charge in [0.05, 0.1) is 88.9 Å². The molecule has 0 aromatic carbocycles. The average molecular weight is 730 g/mol. The zero-order valence-corrected chi connectivity index (χ0v) is 24.8. The standard InChI is InChI=1S/C22H30N2O4.Gd.3NO3/c1-15-16(2)26-12-20-8-6-10-22(24-20)14-28-18(4)17(3)27-13-21-9-5-7-19(23-21)11-25-15;;3*2-1(3)4/h5-10,15-18H,11-14H2,1-4H3;;;;/q;+3;3*-1/t15-,16-,17-,18-;;;;/m1..../s1. The van der Waals surface area contributed by atoms with Gasteiger partial charge in [-0.05, 0) is 52.0 Å². The summed E-state index contributed by atoms with van der Waals surface area (Å²) in [6.07, 6.45) is -0.248. The van der Waals surface area contributed by atoms with Gasteiger partial charge in [0.15, 0.2) is 0 Å². The summed E-state index contributed by atoms with van der Waals surface area (Å²) in [5.41, 5.74) is 3.53. The Bertz CT molecular complexity index is 894. The van der Waals surface area contributed by atoms with E-state index in [9.17, 15) is 0 Å². The number of hydrogen-bond donors (Lipinski definition) is 0. The van der Waals surface area contributed by atoms with Crippen molar-refractivity contribution in [3.8, 4) is 0 Å². The second kappa shape index (κ2) is 22.7. The zero-order valence-electron chi connectivity index (χ0n) is 22.5. The van der Waals surface area contributed by atoms with Gasteiger partial charge in [0.25, 0.3) is 0 Å². The molecule has 18 nitrogen and oxygen atoms in total. The Kier molecular flexibility index (Phi) is 22.3. The Hall–Kier alpha value is -2.94. The third kappa shape index (κ3) is 22.4. The maximum atomic E-state index is 8.25. The van der Waals surface area contributed by atoms with Gasteiger partial charge < -0.3 is 64.9 Å². The smallest absolute Gasteiger partial charge is 0.370 e. The van der Waals surface area contributed by atoms with Crippen LogP contribution in [0.3, 0.4) is 0 Å². The van der Waals surface area contributed by atoms with E-state index in [4.69, 9.17) is 64.9 Å². The van der Waals surface area contributed by atoms with Crippen LogP contribution >= 0.6 is 0 Å². The maximum Gasteiger partial charge on any atom is 3.00 e. The first-order chi connectivity index (χ1) is 18.7. The molecule has 1 aliphatic rings. The molecular weight excluding hydrogens is 700 g/mol. The number of hydrogen-bond acceptors (Lipinski definition) is 15. The largest absolute Gasteiger partial charge is 3.00 e. The summed E-state index contributed by atoms with van der Waals surface area (Å²) >= 11 is 0. The summed E-state index contributed by atoms with van der Waals surface area (Å²) in [5, 5.41) is 44.2. The predicted octanol–water partition coefficient (Wildman–Crippen LogP) is 3.09. The number of nitrogens with zero attached hydrogens (tertiary/aromatic N) is 5. The van der Waals surface area contributed by atoms with Crippen molar-refractivity contribution < 1.29 is 74.1 Å². The Morgan fingerprint density at radius 1 is 0.537 bits per heavy atom. The van der Waals surface area contributed by atoms with Crippen molar-refractivity contribution in [2.45, 2.75) is 78.5 Å². The van der Waals surface area contributed by atoms with Crippen LogP contribution in [0.25, 0.3) is 0 Å². The van der Waals surface area contributed by atoms with Gasteiger partial charge in [-0.25, -0.2) is 0 Å². The van der Waals surface area contributed by atoms with Crippen molar-refractivity contribution >= 4 is 0 Å². The minimum Gasteiger partial charge on any atom is -0.370 e. The first-order valence-electron chi connectivity index (χ1n) is 11.5. The molecule has 1 radical (unpaired) electrons. The van der Waals surface area contributed by atoms with Crippen molar-refractivity contribution in [2.75, 3.05) is 0 Å². The molecule has 0 amide bonds. The number of aromatic nitrogens is 2. The normalized spacial score (nSPS) is 20.6. The van der Waals surface area contributed by atoms with E-state index in [0.717, 1.165) is 22.8 Å². The summed E-state index contributed by atoms with van der Waals surface area (Å²) in [5.74, 6) is 0. The van der Waals surface area contributed by atoms with Crippen molar-refractivity contribution in [1.82, 2.24) is 9.97 Å². The second-order valence-corrected chi connectivity index (χ2v) is 7.98. The Labute approximate surface area is 266 Å². The van der Waals surface area contributed by atoms with E-state index in [1.807, 2.05) is 64.1 Å². The quantitative estimate of drug-likeness (QED) is 0.279. The minimum atomic E-state index is -1.75. The number of fused-ring (bicyclic) bond motifs is 4. The van der Waals surface area contributed by atoms with Gasteiger partial charge in [-0.3, -0.25) is 9.97 Å². The van der Waals surface area contributed by atoms with E-state index in [1.165, 1.54) is 0 Å². The van der Waals surface area contributed by atoms with Crippen molar-refractivity contribution in [1.29, 1.82) is 0 Å². The molecule has 229 valence electrons. The third-order valence-electron chi connectivity index (χ3n) is 5.03. The van der Waals surface area contributed by atoms with Crippen LogP contribution < -0.4 is 0 Å². The maximum absolute atomic E-state index is 8.25. The van der Waals surface area contributed by atoms with Crippen LogP contribution in [0.1, 0.15) is 50.5 Å². The van der Waals surface area contributed by atoms with Gasteiger partial charge in [-0.2, -0.15) is 0 Å². The van der Waals surface area contributed by atoms with Crippen LogP contribution in [0.15, 0.2) is 36.4 Å². The van der Waals surface area contributed by atoms with Crippen molar-refractivity contribution in [2.24, 2.45) is 0 Å². The first kappa shape index (κ1) is 40.2. The van der Waals surface area contributed by atoms with Crippen molar-refractivity contribution in [3.63, 3.8) is 0 Å². The monoisotopic (exact) mass is 730 g/mol. The molecule has 1 aliphatic heterocycles. The average Bonchev–Trinajstić information content (AvgIpc) is 2.86. The molecular formula is C22H30GdN5O13. The number of ether oxygens (including phenoxy) is 4. The van der Waals surface area contributed by atoms with Crippen LogP contribution in [0.2, 0.25) is 0 Å². The molecule has 0 saturated heterocycles. The Morgan fingerprint density at radius 3 is 0.878 bits per heavy atom. The molecule has 4 atom stereocenters. The van der Waals surface area contributed by atoms with Gasteiger partial charge in [0.1, 0.15) is 0 Å². The zero-order chi connectivity index (χ0) is 30.7. The fourth-order valence-corrected chi connectivity index (χ4v) is 2.79. The Balaban J connectivity index is 0. The topological polar surface area (TPSA) is 261 Å². The summed E-state index contributed by atoms with van der Waals surface area (Å²) in [4.78, 5) is 34.0. The molecule has 2 aromatic heterocycles. The van der Waals surface area contributed by atoms with Crippen LogP contribution in [-0.4, -0.2) is 49.6 Å². The fourth-order valence-electron chi connectivity index (χ4n) is 2.79. The third-order valence-corrected chi connectivity index (χ3v) is 5.03. The van der Waals surface area contributed by atoms with Gasteiger partial charge >= 0.3 is 39.9 Å². The molecule has 0 unspecified atom stereocenters. The summed E-state index contributed by atoms with van der Waals surface area (Å²) in [6.45, 7) is 9.79. The van der Waals surface area contributed by atoms with Crippen LogP contribution in [0.5, 0.6) is 0 Å². The summed E-state index contributed by atoms with van der Waals surface area (Å²) in [6, 6.07) is 11.8. The summed E-state index contributed by atoms with van der Waals surface area (Å²) < 4.78 is 23.9. The molecule has 0 N–H and O–H groups in total. The summed E-state index contributed by atoms with van der Waals surface area (Å²) in [7, 11) is 0. The molecule has 0 spiro atoms. The first-order valence-corrected chi connectivity index (χ1v) is 11.5. The number of pyridine rings is 2. The van der Waals surface area contributed by atoms with E-state index in [0.29, 0.717) is 26.4 Å². The predicted molar refractivity (Wildman–Crippen MR) is 137 cm³/mol. The van der Waals surface area contributed by atoms with Crippen LogP contribution in [0, 0.1) is 85.9 Å². The van der Waals surface area contributed by atoms with Crippen molar-refractivity contribution in [3.05, 3.63) is 105 Å². The second-order valence-electron chi connectivity index (χ2n) is 7.98. The van der Waals surface area contributed by atoms with E-state index in [2.05, 4.69) is 9.97 Å². The van der Waals surface area contributed by atoms with Gasteiger partial charge in [0.2, 0.25) is 0 Å². The van der Waals surface area contributed by atoms with Gasteiger partial charge in [-0.1, -0.05) is 12.1 Å².